The number of aliphatic imine (C=N–C) groups is 1. The van der Waals surface area contributed by atoms with Crippen LogP contribution in [0.2, 0.25) is 5.02 Å². The first kappa shape index (κ1) is 33.1. The minimum atomic E-state index is -3.26. The Hall–Kier alpha value is -1.89. The van der Waals surface area contributed by atoms with Gasteiger partial charge in [-0.3, -0.25) is 9.56 Å². The number of benzene rings is 1. The van der Waals surface area contributed by atoms with Crippen molar-refractivity contribution in [3.8, 4) is 12.8 Å². The molecule has 0 spiro atoms. The van der Waals surface area contributed by atoms with Gasteiger partial charge in [0, 0.05) is 16.1 Å². The number of allylic oxidation sites excluding steroid dienone is 2. The molecule has 1 N–H and O–H groups in total. The molecule has 1 aromatic carbocycles. The summed E-state index contributed by atoms with van der Waals surface area (Å²) in [4.78, 5) is 10.2. The Bertz CT molecular complexity index is 1090. The van der Waals surface area contributed by atoms with Gasteiger partial charge in [0.1, 0.15) is 23.8 Å². The Morgan fingerprint density at radius 2 is 1.97 bits per heavy atom. The Morgan fingerprint density at radius 1 is 1.30 bits per heavy atom. The van der Waals surface area contributed by atoms with Crippen molar-refractivity contribution < 1.29 is 23.5 Å². The number of terminal acetylenes is 1. The van der Waals surface area contributed by atoms with Gasteiger partial charge < -0.3 is 23.5 Å². The van der Waals surface area contributed by atoms with Crippen LogP contribution in [-0.4, -0.2) is 47.0 Å². The number of aromatic nitrogens is 2. The van der Waals surface area contributed by atoms with Crippen LogP contribution < -0.4 is 0 Å². The molecule has 8 nitrogen and oxygen atoms in total. The molecular weight excluding hydrogens is 533 g/mol. The van der Waals surface area contributed by atoms with Crippen LogP contribution in [0.15, 0.2) is 51.0 Å². The van der Waals surface area contributed by atoms with E-state index in [1.807, 2.05) is 41.8 Å². The molecule has 0 amide bonds. The van der Waals surface area contributed by atoms with Crippen molar-refractivity contribution in [2.75, 3.05) is 26.2 Å². The zero-order valence-corrected chi connectivity index (χ0v) is 24.6. The van der Waals surface area contributed by atoms with Gasteiger partial charge in [-0.25, -0.2) is 4.98 Å². The average molecular weight is 570 g/mol. The van der Waals surface area contributed by atoms with Crippen LogP contribution in [0, 0.1) is 12.8 Å². The lowest BCUT2D eigenvalue weighted by molar-refractivity contribution is 0.156. The van der Waals surface area contributed by atoms with E-state index in [0.717, 1.165) is 21.3 Å². The zero-order valence-electron chi connectivity index (χ0n) is 22.1. The van der Waals surface area contributed by atoms with Gasteiger partial charge in [0.2, 0.25) is 0 Å². The van der Waals surface area contributed by atoms with Gasteiger partial charge in [0.25, 0.3) is 0 Å². The number of hydrogen-bond donors (Lipinski definition) is 1. The topological polar surface area (TPSA) is 95.2 Å². The summed E-state index contributed by atoms with van der Waals surface area (Å²) < 4.78 is 30.4. The van der Waals surface area contributed by atoms with Gasteiger partial charge in [-0.2, -0.15) is 0 Å². The number of aliphatic hydroxyl groups excluding tert-OH is 1. The SMILES string of the molecule is C#C.C/C=C(/Cn1c(CO)nc(C(C)C)c1Sc1cccc(Cl)c1)N=CCOCP(=O)(OCC)OCC. The summed E-state index contributed by atoms with van der Waals surface area (Å²) in [6, 6.07) is 7.64. The van der Waals surface area contributed by atoms with E-state index < -0.39 is 7.60 Å². The van der Waals surface area contributed by atoms with E-state index >= 15 is 0 Å². The van der Waals surface area contributed by atoms with E-state index in [2.05, 4.69) is 31.7 Å². The largest absolute Gasteiger partial charge is 0.388 e. The predicted molar refractivity (Wildman–Crippen MR) is 152 cm³/mol. The molecule has 2 rings (SSSR count). The highest BCUT2D eigenvalue weighted by Gasteiger charge is 2.23. The Balaban J connectivity index is 0.00000334. The van der Waals surface area contributed by atoms with E-state index in [-0.39, 0.29) is 38.7 Å². The second kappa shape index (κ2) is 17.6. The van der Waals surface area contributed by atoms with E-state index in [4.69, 9.17) is 30.4 Å². The third-order valence-electron chi connectivity index (χ3n) is 4.73. The lowest BCUT2D eigenvalue weighted by Crippen LogP contribution is -2.08. The van der Waals surface area contributed by atoms with E-state index in [9.17, 15) is 9.67 Å². The number of imidazole rings is 1. The monoisotopic (exact) mass is 569 g/mol. The molecule has 0 unspecified atom stereocenters. The van der Waals surface area contributed by atoms with Crippen molar-refractivity contribution in [2.45, 2.75) is 63.6 Å². The zero-order chi connectivity index (χ0) is 27.8. The van der Waals surface area contributed by atoms with Crippen molar-refractivity contribution in [1.29, 1.82) is 0 Å². The Morgan fingerprint density at radius 3 is 2.51 bits per heavy atom. The van der Waals surface area contributed by atoms with Gasteiger partial charge in [-0.1, -0.05) is 49.4 Å². The van der Waals surface area contributed by atoms with Gasteiger partial charge in [-0.15, -0.1) is 12.8 Å². The highest BCUT2D eigenvalue weighted by atomic mass is 35.5. The Labute approximate surface area is 230 Å². The maximum atomic E-state index is 12.5. The normalized spacial score (nSPS) is 12.2. The molecule has 0 aliphatic rings. The summed E-state index contributed by atoms with van der Waals surface area (Å²) in [5, 5.41) is 11.6. The second-order valence-corrected chi connectivity index (χ2v) is 11.2. The van der Waals surface area contributed by atoms with Crippen molar-refractivity contribution in [1.82, 2.24) is 9.55 Å². The number of ether oxygens (including phenoxy) is 1. The van der Waals surface area contributed by atoms with Gasteiger partial charge in [0.05, 0.1) is 37.8 Å². The molecule has 0 saturated carbocycles. The molecule has 0 aliphatic heterocycles. The van der Waals surface area contributed by atoms with Crippen molar-refractivity contribution in [3.63, 3.8) is 0 Å². The van der Waals surface area contributed by atoms with Crippen LogP contribution in [0.5, 0.6) is 0 Å². The quantitative estimate of drug-likeness (QED) is 0.109. The first-order chi connectivity index (χ1) is 17.8. The van der Waals surface area contributed by atoms with Crippen LogP contribution in [0.4, 0.5) is 0 Å². The highest BCUT2D eigenvalue weighted by Crippen LogP contribution is 2.47. The summed E-state index contributed by atoms with van der Waals surface area (Å²) in [5.41, 5.74) is 1.67. The summed E-state index contributed by atoms with van der Waals surface area (Å²) >= 11 is 7.75. The fraction of sp³-hybridized carbons (Fsp3) is 0.462. The molecule has 37 heavy (non-hydrogen) atoms. The summed E-state index contributed by atoms with van der Waals surface area (Å²) in [6.07, 6.45) is 11.4. The van der Waals surface area contributed by atoms with Gasteiger partial charge in [0.15, 0.2) is 0 Å². The molecule has 1 aromatic heterocycles. The first-order valence-corrected chi connectivity index (χ1v) is 14.8. The number of nitrogens with zero attached hydrogens (tertiary/aromatic N) is 3. The number of hydrogen-bond acceptors (Lipinski definition) is 8. The van der Waals surface area contributed by atoms with Crippen LogP contribution in [0.3, 0.4) is 0 Å². The molecule has 0 bridgehead atoms. The van der Waals surface area contributed by atoms with Crippen molar-refractivity contribution in [3.05, 3.63) is 52.6 Å². The third-order valence-corrected chi connectivity index (χ3v) is 7.88. The minimum absolute atomic E-state index is 0.139. The lowest BCUT2D eigenvalue weighted by atomic mass is 10.1. The summed E-state index contributed by atoms with van der Waals surface area (Å²) in [6.45, 7) is 10.5. The van der Waals surface area contributed by atoms with Crippen LogP contribution in [0.1, 0.15) is 52.1 Å². The smallest absolute Gasteiger partial charge is 0.356 e. The third kappa shape index (κ3) is 10.8. The number of rotatable bonds is 15. The van der Waals surface area contributed by atoms with Crippen LogP contribution >= 0.6 is 31.0 Å². The molecule has 204 valence electrons. The van der Waals surface area contributed by atoms with Crippen LogP contribution in [-0.2, 0) is 31.5 Å². The molecule has 1 heterocycles. The molecular formula is C26H37ClN3O5PS. The number of aliphatic hydroxyl groups is 1. The molecule has 11 heteroatoms. The maximum absolute atomic E-state index is 12.5. The molecule has 0 saturated heterocycles. The van der Waals surface area contributed by atoms with E-state index in [0.29, 0.717) is 17.4 Å². The summed E-state index contributed by atoms with van der Waals surface area (Å²) in [5.74, 6) is 0.735. The fourth-order valence-electron chi connectivity index (χ4n) is 3.16. The Kier molecular flexibility index (Phi) is 15.8. The van der Waals surface area contributed by atoms with E-state index in [1.165, 1.54) is 0 Å². The van der Waals surface area contributed by atoms with Gasteiger partial charge in [-0.05, 0) is 44.9 Å². The van der Waals surface area contributed by atoms with Gasteiger partial charge >= 0.3 is 7.60 Å². The van der Waals surface area contributed by atoms with Crippen molar-refractivity contribution >= 4 is 37.2 Å². The molecule has 0 atom stereocenters. The maximum Gasteiger partial charge on any atom is 0.356 e. The van der Waals surface area contributed by atoms with Crippen LogP contribution in [0.25, 0.3) is 0 Å². The average Bonchev–Trinajstić information content (AvgIpc) is 3.21. The van der Waals surface area contributed by atoms with Crippen molar-refractivity contribution in [2.24, 2.45) is 4.99 Å². The molecule has 0 aliphatic carbocycles. The lowest BCUT2D eigenvalue weighted by Gasteiger charge is -2.16. The predicted octanol–water partition coefficient (Wildman–Crippen LogP) is 6.77. The summed E-state index contributed by atoms with van der Waals surface area (Å²) in [7, 11) is -3.26. The minimum Gasteiger partial charge on any atom is -0.388 e. The molecule has 0 fully saturated rings. The molecule has 0 radical (unpaired) electrons. The standard InChI is InChI=1S/C24H35ClN3O5PS.C2H2/c1-6-20(26-12-13-31-17-34(30,32-7-2)33-8-3)15-28-22(16-29)27-23(18(4)5)24(28)35-21-11-9-10-19(25)14-21;1-2/h6,9-12,14,18,29H,7-8,13,15-17H2,1-5H3;1-2H/b20-6-,26-12?;. The highest BCUT2D eigenvalue weighted by molar-refractivity contribution is 7.99. The first-order valence-electron chi connectivity index (χ1n) is 11.9. The molecule has 2 aromatic rings. The number of halogens is 1. The second-order valence-electron chi connectivity index (χ2n) is 7.71. The van der Waals surface area contributed by atoms with E-state index in [1.54, 1.807) is 31.8 Å². The fourth-order valence-corrected chi connectivity index (χ4v) is 5.97.